The van der Waals surface area contributed by atoms with Gasteiger partial charge in [-0.3, -0.25) is 4.98 Å². The van der Waals surface area contributed by atoms with Crippen molar-refractivity contribution in [2.24, 2.45) is 0 Å². The number of hydrogen-bond donors (Lipinski definition) is 1. The molecule has 3 nitrogen and oxygen atoms in total. The van der Waals surface area contributed by atoms with Gasteiger partial charge in [-0.2, -0.15) is 13.2 Å². The highest BCUT2D eigenvalue weighted by Crippen LogP contribution is 2.17. The van der Waals surface area contributed by atoms with Crippen LogP contribution in [0.5, 0.6) is 0 Å². The maximum Gasteiger partial charge on any atom is 0.411 e. The molecule has 0 fully saturated rings. The van der Waals surface area contributed by atoms with E-state index in [1.807, 2.05) is 0 Å². The van der Waals surface area contributed by atoms with Crippen molar-refractivity contribution in [1.29, 1.82) is 0 Å². The highest BCUT2D eigenvalue weighted by atomic mass is 19.4. The Labute approximate surface area is 90.9 Å². The average Bonchev–Trinajstić information content (AvgIpc) is 2.16. The minimum atomic E-state index is -4.37. The van der Waals surface area contributed by atoms with E-state index in [9.17, 15) is 18.3 Å². The van der Waals surface area contributed by atoms with Crippen LogP contribution in [0, 0.1) is 6.92 Å². The van der Waals surface area contributed by atoms with Crippen molar-refractivity contribution in [3.63, 3.8) is 0 Å². The fourth-order valence-corrected chi connectivity index (χ4v) is 1.06. The van der Waals surface area contributed by atoms with Crippen molar-refractivity contribution in [1.82, 2.24) is 4.98 Å². The lowest BCUT2D eigenvalue weighted by Gasteiger charge is -2.12. The molecule has 1 heterocycles. The lowest BCUT2D eigenvalue weighted by molar-refractivity contribution is -0.179. The van der Waals surface area contributed by atoms with E-state index in [4.69, 9.17) is 0 Å². The van der Waals surface area contributed by atoms with E-state index in [1.54, 1.807) is 19.1 Å². The van der Waals surface area contributed by atoms with Crippen LogP contribution in [-0.4, -0.2) is 29.5 Å². The molecule has 0 amide bonds. The Kier molecular flexibility index (Phi) is 4.26. The van der Waals surface area contributed by atoms with E-state index in [0.717, 1.165) is 5.69 Å². The van der Waals surface area contributed by atoms with Gasteiger partial charge in [-0.05, 0) is 13.0 Å². The van der Waals surface area contributed by atoms with Gasteiger partial charge in [0.05, 0.1) is 6.61 Å². The predicted octanol–water partition coefficient (Wildman–Crippen LogP) is 2.00. The highest BCUT2D eigenvalue weighted by molar-refractivity contribution is 5.15. The Morgan fingerprint density at radius 2 is 2.12 bits per heavy atom. The third-order valence-electron chi connectivity index (χ3n) is 1.86. The number of ether oxygens (including phenoxy) is 1. The summed E-state index contributed by atoms with van der Waals surface area (Å²) in [6, 6.07) is 3.27. The van der Waals surface area contributed by atoms with Crippen LogP contribution < -0.4 is 0 Å². The molecule has 0 spiro atoms. The van der Waals surface area contributed by atoms with Crippen LogP contribution in [0.2, 0.25) is 0 Å². The van der Waals surface area contributed by atoms with Gasteiger partial charge in [0, 0.05) is 17.5 Å². The van der Waals surface area contributed by atoms with Crippen LogP contribution >= 0.6 is 0 Å². The lowest BCUT2D eigenvalue weighted by atomic mass is 10.1. The summed E-state index contributed by atoms with van der Waals surface area (Å²) in [5.74, 6) is 0. The number of nitrogens with zero attached hydrogens (tertiary/aromatic N) is 1. The van der Waals surface area contributed by atoms with Crippen molar-refractivity contribution >= 4 is 0 Å². The zero-order chi connectivity index (χ0) is 12.2. The third-order valence-corrected chi connectivity index (χ3v) is 1.86. The molecular formula is C10H12F3NO2. The molecule has 1 atom stereocenters. The summed E-state index contributed by atoms with van der Waals surface area (Å²) in [4.78, 5) is 3.92. The zero-order valence-electron chi connectivity index (χ0n) is 8.66. The molecule has 0 radical (unpaired) electrons. The summed E-state index contributed by atoms with van der Waals surface area (Å²) in [5.41, 5.74) is 1.21. The van der Waals surface area contributed by atoms with Crippen LogP contribution in [0.1, 0.15) is 17.4 Å². The molecule has 1 N–H and O–H groups in total. The molecule has 1 unspecified atom stereocenters. The van der Waals surface area contributed by atoms with Crippen molar-refractivity contribution in [3.8, 4) is 0 Å². The molecule has 1 aromatic heterocycles. The van der Waals surface area contributed by atoms with Gasteiger partial charge in [0.1, 0.15) is 12.7 Å². The van der Waals surface area contributed by atoms with Crippen LogP contribution in [-0.2, 0) is 4.74 Å². The Morgan fingerprint density at radius 1 is 1.44 bits per heavy atom. The van der Waals surface area contributed by atoms with E-state index in [2.05, 4.69) is 9.72 Å². The van der Waals surface area contributed by atoms with Crippen LogP contribution in [0.25, 0.3) is 0 Å². The maximum absolute atomic E-state index is 11.7. The predicted molar refractivity (Wildman–Crippen MR) is 50.8 cm³/mol. The minimum Gasteiger partial charge on any atom is -0.386 e. The smallest absolute Gasteiger partial charge is 0.386 e. The molecule has 0 saturated carbocycles. The standard InChI is InChI=1S/C10H12F3NO2/c1-7-2-3-8(4-14-7)9(15)5-16-6-10(11,12)13/h2-4,9,15H,5-6H2,1H3. The van der Waals surface area contributed by atoms with Crippen LogP contribution in [0.4, 0.5) is 13.2 Å². The fourth-order valence-electron chi connectivity index (χ4n) is 1.06. The van der Waals surface area contributed by atoms with Crippen molar-refractivity contribution in [2.75, 3.05) is 13.2 Å². The fraction of sp³-hybridized carbons (Fsp3) is 0.500. The number of aryl methyl sites for hydroxylation is 1. The topological polar surface area (TPSA) is 42.4 Å². The molecule has 0 saturated heterocycles. The molecule has 0 aliphatic heterocycles. The zero-order valence-corrected chi connectivity index (χ0v) is 8.66. The Morgan fingerprint density at radius 3 is 2.62 bits per heavy atom. The van der Waals surface area contributed by atoms with Gasteiger partial charge in [-0.1, -0.05) is 6.07 Å². The van der Waals surface area contributed by atoms with Gasteiger partial charge >= 0.3 is 6.18 Å². The van der Waals surface area contributed by atoms with Crippen molar-refractivity contribution in [2.45, 2.75) is 19.2 Å². The average molecular weight is 235 g/mol. The summed E-state index contributed by atoms with van der Waals surface area (Å²) >= 11 is 0. The van der Waals surface area contributed by atoms with Crippen LogP contribution in [0.15, 0.2) is 18.3 Å². The second-order valence-corrected chi connectivity index (χ2v) is 3.38. The molecule has 1 aromatic rings. The van der Waals surface area contributed by atoms with Crippen molar-refractivity contribution in [3.05, 3.63) is 29.6 Å². The van der Waals surface area contributed by atoms with Gasteiger partial charge in [-0.25, -0.2) is 0 Å². The summed E-state index contributed by atoms with van der Waals surface area (Å²) in [7, 11) is 0. The van der Waals surface area contributed by atoms with Gasteiger partial charge in [-0.15, -0.1) is 0 Å². The SMILES string of the molecule is Cc1ccc(C(O)COCC(F)(F)F)cn1. The van der Waals surface area contributed by atoms with Gasteiger partial charge in [0.2, 0.25) is 0 Å². The first-order valence-corrected chi connectivity index (χ1v) is 4.63. The molecule has 0 bridgehead atoms. The summed E-state index contributed by atoms with van der Waals surface area (Å²) in [5, 5.41) is 9.48. The Bertz CT molecular complexity index is 324. The molecule has 0 aliphatic carbocycles. The molecule has 90 valence electrons. The number of rotatable bonds is 4. The number of aromatic nitrogens is 1. The molecule has 16 heavy (non-hydrogen) atoms. The van der Waals surface area contributed by atoms with E-state index < -0.39 is 25.5 Å². The number of pyridine rings is 1. The first-order valence-electron chi connectivity index (χ1n) is 4.63. The number of aliphatic hydroxyl groups excluding tert-OH is 1. The second-order valence-electron chi connectivity index (χ2n) is 3.38. The van der Waals surface area contributed by atoms with E-state index in [0.29, 0.717) is 5.56 Å². The summed E-state index contributed by atoms with van der Waals surface area (Å²) < 4.78 is 39.6. The molecule has 0 aromatic carbocycles. The minimum absolute atomic E-state index is 0.399. The quantitative estimate of drug-likeness (QED) is 0.867. The molecular weight excluding hydrogens is 223 g/mol. The monoisotopic (exact) mass is 235 g/mol. The third kappa shape index (κ3) is 4.59. The molecule has 1 rings (SSSR count). The normalized spacial score (nSPS) is 13.8. The first kappa shape index (κ1) is 12.9. The largest absolute Gasteiger partial charge is 0.411 e. The van der Waals surface area contributed by atoms with Crippen LogP contribution in [0.3, 0.4) is 0 Å². The Hall–Kier alpha value is -1.14. The first-order chi connectivity index (χ1) is 7.38. The summed E-state index contributed by atoms with van der Waals surface area (Å²) in [6.45, 7) is 0.0178. The molecule has 0 aliphatic rings. The number of halogens is 3. The second kappa shape index (κ2) is 5.27. The van der Waals surface area contributed by atoms with Gasteiger partial charge < -0.3 is 9.84 Å². The van der Waals surface area contributed by atoms with E-state index in [1.165, 1.54) is 6.20 Å². The lowest BCUT2D eigenvalue weighted by Crippen LogP contribution is -2.19. The summed E-state index contributed by atoms with van der Waals surface area (Å²) in [6.07, 6.45) is -4.04. The Balaban J connectivity index is 2.41. The highest BCUT2D eigenvalue weighted by Gasteiger charge is 2.27. The number of hydrogen-bond acceptors (Lipinski definition) is 3. The maximum atomic E-state index is 11.7. The van der Waals surface area contributed by atoms with Gasteiger partial charge in [0.25, 0.3) is 0 Å². The van der Waals surface area contributed by atoms with Gasteiger partial charge in [0.15, 0.2) is 0 Å². The number of alkyl halides is 3. The van der Waals surface area contributed by atoms with E-state index in [-0.39, 0.29) is 0 Å². The van der Waals surface area contributed by atoms with Crippen molar-refractivity contribution < 1.29 is 23.0 Å². The van der Waals surface area contributed by atoms with E-state index >= 15 is 0 Å². The molecule has 6 heteroatoms. The number of aliphatic hydroxyl groups is 1.